The van der Waals surface area contributed by atoms with E-state index in [0.29, 0.717) is 11.3 Å². The molecule has 0 unspecified atom stereocenters. The summed E-state index contributed by atoms with van der Waals surface area (Å²) >= 11 is 0.929. The Bertz CT molecular complexity index is 810. The minimum Gasteiger partial charge on any atom is -0.326 e. The van der Waals surface area contributed by atoms with Gasteiger partial charge in [0.25, 0.3) is 5.56 Å². The SMILES string of the molecule is CC(=O)Nc1ccc(C(=O)CSc2n[nH]c(=O)[nH]c2=O)cc1. The van der Waals surface area contributed by atoms with Gasteiger partial charge >= 0.3 is 5.69 Å². The van der Waals surface area contributed by atoms with Gasteiger partial charge in [-0.1, -0.05) is 11.8 Å². The van der Waals surface area contributed by atoms with Crippen molar-refractivity contribution in [2.75, 3.05) is 11.1 Å². The number of carbonyl (C=O) groups is 2. The van der Waals surface area contributed by atoms with Gasteiger partial charge in [-0.05, 0) is 24.3 Å². The van der Waals surface area contributed by atoms with Crippen molar-refractivity contribution in [1.82, 2.24) is 15.2 Å². The van der Waals surface area contributed by atoms with Crippen LogP contribution in [-0.4, -0.2) is 32.6 Å². The minimum absolute atomic E-state index is 0.00159. The Balaban J connectivity index is 2.01. The molecule has 0 bridgehead atoms. The highest BCUT2D eigenvalue weighted by Crippen LogP contribution is 2.14. The fraction of sp³-hybridized carbons (Fsp3) is 0.154. The van der Waals surface area contributed by atoms with Crippen molar-refractivity contribution in [3.05, 3.63) is 50.7 Å². The Morgan fingerprint density at radius 2 is 1.91 bits per heavy atom. The van der Waals surface area contributed by atoms with Gasteiger partial charge in [0.2, 0.25) is 5.91 Å². The highest BCUT2D eigenvalue weighted by Gasteiger charge is 2.10. The van der Waals surface area contributed by atoms with Crippen LogP contribution >= 0.6 is 11.8 Å². The lowest BCUT2D eigenvalue weighted by atomic mass is 10.1. The van der Waals surface area contributed by atoms with Crippen molar-refractivity contribution in [3.8, 4) is 0 Å². The van der Waals surface area contributed by atoms with Gasteiger partial charge in [-0.2, -0.15) is 5.10 Å². The van der Waals surface area contributed by atoms with Gasteiger partial charge in [-0.25, -0.2) is 9.89 Å². The lowest BCUT2D eigenvalue weighted by molar-refractivity contribution is -0.114. The summed E-state index contributed by atoms with van der Waals surface area (Å²) in [6.07, 6.45) is 0. The first-order chi connectivity index (χ1) is 10.5. The summed E-state index contributed by atoms with van der Waals surface area (Å²) < 4.78 is 0. The summed E-state index contributed by atoms with van der Waals surface area (Å²) in [5.41, 5.74) is -0.297. The molecule has 1 aromatic carbocycles. The van der Waals surface area contributed by atoms with Crippen molar-refractivity contribution >= 4 is 29.1 Å². The largest absolute Gasteiger partial charge is 0.342 e. The predicted octanol–water partition coefficient (Wildman–Crippen LogP) is 0.392. The summed E-state index contributed by atoms with van der Waals surface area (Å²) in [7, 11) is 0. The molecule has 1 aromatic heterocycles. The van der Waals surface area contributed by atoms with E-state index in [1.54, 1.807) is 24.3 Å². The van der Waals surface area contributed by atoms with Gasteiger partial charge in [0.1, 0.15) is 0 Å². The van der Waals surface area contributed by atoms with Crippen LogP contribution in [-0.2, 0) is 4.79 Å². The van der Waals surface area contributed by atoms with Crippen LogP contribution < -0.4 is 16.6 Å². The summed E-state index contributed by atoms with van der Waals surface area (Å²) in [5, 5.41) is 8.28. The van der Waals surface area contributed by atoms with Crippen LogP contribution in [0.5, 0.6) is 0 Å². The Hall–Kier alpha value is -2.68. The summed E-state index contributed by atoms with van der Waals surface area (Å²) in [6.45, 7) is 1.39. The molecule has 9 heteroatoms. The molecule has 114 valence electrons. The molecule has 0 aliphatic carbocycles. The first kappa shape index (κ1) is 15.7. The number of amides is 1. The maximum atomic E-state index is 12.0. The van der Waals surface area contributed by atoms with Gasteiger partial charge in [-0.15, -0.1) is 0 Å². The van der Waals surface area contributed by atoms with E-state index in [4.69, 9.17) is 0 Å². The van der Waals surface area contributed by atoms with E-state index in [1.165, 1.54) is 6.92 Å². The number of anilines is 1. The molecule has 0 fully saturated rings. The zero-order valence-electron chi connectivity index (χ0n) is 11.5. The number of hydrogen-bond acceptors (Lipinski definition) is 6. The number of Topliss-reactive ketones (excluding diaryl/α,β-unsaturated/α-hetero) is 1. The molecule has 0 radical (unpaired) electrons. The number of ketones is 1. The molecular formula is C13H12N4O4S. The number of nitrogens with zero attached hydrogens (tertiary/aromatic N) is 1. The maximum absolute atomic E-state index is 12.0. The molecule has 8 nitrogen and oxygen atoms in total. The predicted molar refractivity (Wildman–Crippen MR) is 81.3 cm³/mol. The second-order valence-corrected chi connectivity index (χ2v) is 5.25. The highest BCUT2D eigenvalue weighted by atomic mass is 32.2. The summed E-state index contributed by atoms with van der Waals surface area (Å²) in [5.74, 6) is -0.397. The van der Waals surface area contributed by atoms with Crippen LogP contribution in [0.2, 0.25) is 0 Å². The number of rotatable bonds is 5. The molecule has 0 atom stereocenters. The number of H-pyrrole nitrogens is 2. The van der Waals surface area contributed by atoms with Gasteiger partial charge in [-0.3, -0.25) is 19.4 Å². The van der Waals surface area contributed by atoms with Gasteiger partial charge < -0.3 is 5.32 Å². The average Bonchev–Trinajstić information content (AvgIpc) is 2.46. The van der Waals surface area contributed by atoms with Crippen molar-refractivity contribution in [2.45, 2.75) is 11.9 Å². The van der Waals surface area contributed by atoms with Crippen LogP contribution in [0.15, 0.2) is 38.9 Å². The van der Waals surface area contributed by atoms with E-state index in [2.05, 4.69) is 15.5 Å². The van der Waals surface area contributed by atoms with Crippen LogP contribution in [0.3, 0.4) is 0 Å². The normalized spacial score (nSPS) is 10.2. The number of benzene rings is 1. The molecular weight excluding hydrogens is 308 g/mol. The minimum atomic E-state index is -0.700. The van der Waals surface area contributed by atoms with E-state index in [9.17, 15) is 19.2 Å². The Morgan fingerprint density at radius 1 is 1.23 bits per heavy atom. The molecule has 1 amide bonds. The fourth-order valence-corrected chi connectivity index (χ4v) is 2.32. The zero-order valence-corrected chi connectivity index (χ0v) is 12.3. The molecule has 0 saturated heterocycles. The number of aromatic nitrogens is 3. The third-order valence-corrected chi connectivity index (χ3v) is 3.50. The van der Waals surface area contributed by atoms with Crippen molar-refractivity contribution in [3.63, 3.8) is 0 Å². The highest BCUT2D eigenvalue weighted by molar-refractivity contribution is 7.99. The number of aromatic amines is 2. The van der Waals surface area contributed by atoms with E-state index < -0.39 is 11.2 Å². The lowest BCUT2D eigenvalue weighted by Gasteiger charge is -2.04. The second kappa shape index (κ2) is 6.85. The third-order valence-electron chi connectivity index (χ3n) is 2.55. The van der Waals surface area contributed by atoms with Gasteiger partial charge in [0.15, 0.2) is 10.8 Å². The summed E-state index contributed by atoms with van der Waals surface area (Å²) in [4.78, 5) is 47.2. The molecule has 2 aromatic rings. The summed E-state index contributed by atoms with van der Waals surface area (Å²) in [6, 6.07) is 6.39. The van der Waals surface area contributed by atoms with E-state index in [1.807, 2.05) is 4.98 Å². The molecule has 0 spiro atoms. The van der Waals surface area contributed by atoms with Gasteiger partial charge in [0, 0.05) is 18.2 Å². The maximum Gasteiger partial charge on any atom is 0.342 e. The Kier molecular flexibility index (Phi) is 4.89. The van der Waals surface area contributed by atoms with Crippen LogP contribution in [0.25, 0.3) is 0 Å². The topological polar surface area (TPSA) is 125 Å². The number of nitrogens with one attached hydrogen (secondary N) is 3. The molecule has 0 aliphatic rings. The number of carbonyl (C=O) groups excluding carboxylic acids is 2. The lowest BCUT2D eigenvalue weighted by Crippen LogP contribution is -2.25. The van der Waals surface area contributed by atoms with Crippen LogP contribution in [0, 0.1) is 0 Å². The molecule has 22 heavy (non-hydrogen) atoms. The van der Waals surface area contributed by atoms with Gasteiger partial charge in [0.05, 0.1) is 5.75 Å². The molecule has 2 rings (SSSR count). The van der Waals surface area contributed by atoms with Crippen LogP contribution in [0.4, 0.5) is 5.69 Å². The Morgan fingerprint density at radius 3 is 2.50 bits per heavy atom. The third kappa shape index (κ3) is 4.16. The average molecular weight is 320 g/mol. The molecule has 1 heterocycles. The zero-order chi connectivity index (χ0) is 16.1. The van der Waals surface area contributed by atoms with E-state index in [0.717, 1.165) is 11.8 Å². The Labute approximate surface area is 128 Å². The standard InChI is InChI=1S/C13H12N4O4S/c1-7(18)14-9-4-2-8(3-5-9)10(19)6-22-12-11(20)15-13(21)17-16-12/h2-5H,6H2,1H3,(H,14,18)(H2,15,17,20,21). The van der Waals surface area contributed by atoms with E-state index >= 15 is 0 Å². The quantitative estimate of drug-likeness (QED) is 0.541. The monoisotopic (exact) mass is 320 g/mol. The van der Waals surface area contributed by atoms with Crippen molar-refractivity contribution in [2.24, 2.45) is 0 Å². The number of thioether (sulfide) groups is 1. The smallest absolute Gasteiger partial charge is 0.326 e. The fourth-order valence-electron chi connectivity index (χ4n) is 1.59. The first-order valence-corrected chi connectivity index (χ1v) is 7.17. The molecule has 0 saturated carbocycles. The molecule has 3 N–H and O–H groups in total. The van der Waals surface area contributed by atoms with Crippen LogP contribution in [0.1, 0.15) is 17.3 Å². The molecule has 0 aliphatic heterocycles. The second-order valence-electron chi connectivity index (χ2n) is 4.28. The first-order valence-electron chi connectivity index (χ1n) is 6.18. The van der Waals surface area contributed by atoms with E-state index in [-0.39, 0.29) is 22.5 Å². The van der Waals surface area contributed by atoms with Crippen molar-refractivity contribution < 1.29 is 9.59 Å². The number of hydrogen-bond donors (Lipinski definition) is 3. The van der Waals surface area contributed by atoms with Crippen molar-refractivity contribution in [1.29, 1.82) is 0 Å².